The number of nitrogens with one attached hydrogen (secondary N) is 2. The van der Waals surface area contributed by atoms with Crippen LogP contribution >= 0.6 is 0 Å². The molecule has 0 amide bonds. The number of nitrogens with zero attached hydrogens (tertiary/aromatic N) is 4. The molecule has 5 aromatic rings. The van der Waals surface area contributed by atoms with Crippen LogP contribution in [-0.4, -0.2) is 32.9 Å². The number of oxazole rings is 1. The minimum atomic E-state index is -3.90. The van der Waals surface area contributed by atoms with Crippen LogP contribution in [0.5, 0.6) is 11.6 Å². The molecule has 12 heteroatoms. The highest BCUT2D eigenvalue weighted by atomic mass is 32.2. The van der Waals surface area contributed by atoms with E-state index in [1.165, 1.54) is 18.2 Å². The van der Waals surface area contributed by atoms with Gasteiger partial charge in [-0.05, 0) is 63.2 Å². The summed E-state index contributed by atoms with van der Waals surface area (Å²) in [6.07, 6.45) is 1.69. The van der Waals surface area contributed by atoms with Crippen LogP contribution < -0.4 is 15.2 Å². The number of sulfonamides is 1. The van der Waals surface area contributed by atoms with Crippen LogP contribution in [0.3, 0.4) is 0 Å². The van der Waals surface area contributed by atoms with Crippen LogP contribution in [0.25, 0.3) is 16.9 Å². The summed E-state index contributed by atoms with van der Waals surface area (Å²) in [7, 11) is -3.90. The number of fused-ring (bicyclic) bond motifs is 1. The molecule has 0 aliphatic heterocycles. The topological polar surface area (TPSA) is 145 Å². The minimum absolute atomic E-state index is 0.0172. The molecule has 0 atom stereocenters. The Morgan fingerprint density at radius 1 is 1.03 bits per heavy atom. The van der Waals surface area contributed by atoms with Crippen molar-refractivity contribution in [1.29, 1.82) is 0 Å². The van der Waals surface area contributed by atoms with Crippen molar-refractivity contribution < 1.29 is 17.6 Å². The molecule has 0 bridgehead atoms. The molecule has 11 nitrogen and oxygen atoms in total. The van der Waals surface area contributed by atoms with Gasteiger partial charge in [0.25, 0.3) is 10.0 Å². The van der Waals surface area contributed by atoms with Gasteiger partial charge in [0.05, 0.1) is 16.1 Å². The number of rotatable bonds is 6. The summed E-state index contributed by atoms with van der Waals surface area (Å²) >= 11 is 0. The zero-order chi connectivity index (χ0) is 24.7. The summed E-state index contributed by atoms with van der Waals surface area (Å²) in [5.41, 5.74) is 2.77. The molecule has 35 heavy (non-hydrogen) atoms. The van der Waals surface area contributed by atoms with Gasteiger partial charge in [-0.3, -0.25) is 14.3 Å². The van der Waals surface area contributed by atoms with Gasteiger partial charge in [0, 0.05) is 17.4 Å². The molecule has 0 saturated heterocycles. The van der Waals surface area contributed by atoms with Crippen molar-refractivity contribution in [1.82, 2.24) is 24.5 Å². The molecule has 0 aliphatic rings. The molecule has 0 unspecified atom stereocenters. The van der Waals surface area contributed by atoms with Crippen molar-refractivity contribution in [3.63, 3.8) is 0 Å². The number of aromatic amines is 1. The van der Waals surface area contributed by atoms with Gasteiger partial charge in [-0.15, -0.1) is 0 Å². The highest BCUT2D eigenvalue weighted by Gasteiger charge is 2.16. The number of H-pyrrole nitrogens is 1. The molecule has 0 aliphatic carbocycles. The van der Waals surface area contributed by atoms with E-state index in [9.17, 15) is 13.2 Å². The first-order valence-electron chi connectivity index (χ1n) is 10.5. The molecule has 2 aromatic carbocycles. The van der Waals surface area contributed by atoms with E-state index in [-0.39, 0.29) is 10.5 Å². The predicted octanol–water partition coefficient (Wildman–Crippen LogP) is 3.62. The number of ether oxygens (including phenoxy) is 1. The van der Waals surface area contributed by atoms with Crippen LogP contribution in [0, 0.1) is 20.8 Å². The maximum atomic E-state index is 12.8. The Hall–Kier alpha value is -4.45. The average Bonchev–Trinajstić information content (AvgIpc) is 3.34. The fraction of sp³-hybridized carbons (Fsp3) is 0.130. The van der Waals surface area contributed by atoms with Crippen molar-refractivity contribution in [2.75, 3.05) is 4.72 Å². The molecule has 2 N–H and O–H groups in total. The Kier molecular flexibility index (Phi) is 5.36. The summed E-state index contributed by atoms with van der Waals surface area (Å²) in [5.74, 6) is 1.32. The minimum Gasteiger partial charge on any atom is -0.439 e. The predicted molar refractivity (Wildman–Crippen MR) is 128 cm³/mol. The zero-order valence-electron chi connectivity index (χ0n) is 18.9. The average molecular weight is 493 g/mol. The highest BCUT2D eigenvalue weighted by Crippen LogP contribution is 2.25. The summed E-state index contributed by atoms with van der Waals surface area (Å²) in [6, 6.07) is 12.2. The van der Waals surface area contributed by atoms with Gasteiger partial charge in [0.1, 0.15) is 23.7 Å². The van der Waals surface area contributed by atoms with Crippen LogP contribution in [0.4, 0.5) is 5.69 Å². The van der Waals surface area contributed by atoms with E-state index in [2.05, 4.69) is 24.7 Å². The summed E-state index contributed by atoms with van der Waals surface area (Å²) in [5, 5.41) is 0. The molecule has 0 radical (unpaired) electrons. The fourth-order valence-electron chi connectivity index (χ4n) is 3.45. The third kappa shape index (κ3) is 4.51. The van der Waals surface area contributed by atoms with Crippen LogP contribution in [0.1, 0.15) is 17.2 Å². The smallest absolute Gasteiger partial charge is 0.417 e. The quantitative estimate of drug-likeness (QED) is 0.366. The van der Waals surface area contributed by atoms with Gasteiger partial charge < -0.3 is 9.15 Å². The number of benzene rings is 2. The van der Waals surface area contributed by atoms with Gasteiger partial charge in [0.2, 0.25) is 5.88 Å². The van der Waals surface area contributed by atoms with Gasteiger partial charge in [-0.25, -0.2) is 23.2 Å². The van der Waals surface area contributed by atoms with E-state index in [0.717, 1.165) is 11.4 Å². The van der Waals surface area contributed by atoms with Crippen molar-refractivity contribution in [3.8, 4) is 17.4 Å². The fourth-order valence-corrected chi connectivity index (χ4v) is 4.54. The maximum Gasteiger partial charge on any atom is 0.417 e. The van der Waals surface area contributed by atoms with Crippen LogP contribution in [0.15, 0.2) is 69.0 Å². The standard InChI is InChI=1S/C23H20N6O5S/c1-13-14(2)29(12-24-13)21-11-22(26-15(3)25-21)33-17-6-4-16(5-7-17)28-35(31,32)18-8-9-20-19(10-18)27-23(30)34-20/h4-12,28H,1-3H3,(H,27,30). The largest absolute Gasteiger partial charge is 0.439 e. The summed E-state index contributed by atoms with van der Waals surface area (Å²) in [6.45, 7) is 5.64. The highest BCUT2D eigenvalue weighted by molar-refractivity contribution is 7.92. The molecule has 3 heterocycles. The molecular formula is C23H20N6O5S. The van der Waals surface area contributed by atoms with Crippen molar-refractivity contribution in [2.45, 2.75) is 25.7 Å². The number of aromatic nitrogens is 5. The molecule has 0 fully saturated rings. The van der Waals surface area contributed by atoms with E-state index in [4.69, 9.17) is 9.15 Å². The van der Waals surface area contributed by atoms with Crippen molar-refractivity contribution >= 4 is 26.8 Å². The number of imidazole rings is 1. The number of hydrogen-bond donors (Lipinski definition) is 2. The third-order valence-corrected chi connectivity index (χ3v) is 6.71. The first kappa shape index (κ1) is 22.3. The molecule has 0 spiro atoms. The maximum absolute atomic E-state index is 12.8. The van der Waals surface area contributed by atoms with E-state index < -0.39 is 15.8 Å². The lowest BCUT2D eigenvalue weighted by atomic mass is 10.3. The Balaban J connectivity index is 1.34. The van der Waals surface area contributed by atoms with Crippen LogP contribution in [0.2, 0.25) is 0 Å². The summed E-state index contributed by atoms with van der Waals surface area (Å²) in [4.78, 5) is 26.8. The number of aryl methyl sites for hydroxylation is 2. The molecule has 3 aromatic heterocycles. The van der Waals surface area contributed by atoms with Gasteiger partial charge >= 0.3 is 5.76 Å². The normalized spacial score (nSPS) is 11.6. The second-order valence-corrected chi connectivity index (χ2v) is 9.48. The second-order valence-electron chi connectivity index (χ2n) is 7.80. The Morgan fingerprint density at radius 3 is 2.51 bits per heavy atom. The van der Waals surface area contributed by atoms with Crippen molar-refractivity contribution in [3.05, 3.63) is 82.6 Å². The monoisotopic (exact) mass is 492 g/mol. The zero-order valence-corrected chi connectivity index (χ0v) is 19.8. The number of hydrogen-bond acceptors (Lipinski definition) is 8. The lowest BCUT2D eigenvalue weighted by Crippen LogP contribution is -2.12. The molecular weight excluding hydrogens is 472 g/mol. The molecule has 178 valence electrons. The Morgan fingerprint density at radius 2 is 1.80 bits per heavy atom. The number of anilines is 1. The Labute approximate surface area is 199 Å². The lowest BCUT2D eigenvalue weighted by Gasteiger charge is -2.11. The third-order valence-electron chi connectivity index (χ3n) is 5.33. The van der Waals surface area contributed by atoms with Gasteiger partial charge in [-0.1, -0.05) is 0 Å². The van der Waals surface area contributed by atoms with Gasteiger partial charge in [0.15, 0.2) is 5.58 Å². The van der Waals surface area contributed by atoms with Crippen molar-refractivity contribution in [2.24, 2.45) is 0 Å². The molecule has 5 rings (SSSR count). The van der Waals surface area contributed by atoms with Gasteiger partial charge in [-0.2, -0.15) is 4.98 Å². The van der Waals surface area contributed by atoms with E-state index >= 15 is 0 Å². The van der Waals surface area contributed by atoms with E-state index in [1.54, 1.807) is 43.6 Å². The lowest BCUT2D eigenvalue weighted by molar-refractivity contribution is 0.459. The Bertz CT molecular complexity index is 1720. The first-order valence-corrected chi connectivity index (χ1v) is 12.0. The van der Waals surface area contributed by atoms with E-state index in [0.29, 0.717) is 34.5 Å². The summed E-state index contributed by atoms with van der Waals surface area (Å²) < 4.78 is 40.7. The van der Waals surface area contributed by atoms with Crippen LogP contribution in [-0.2, 0) is 10.0 Å². The second kappa shape index (κ2) is 8.40. The SMILES string of the molecule is Cc1nc(Oc2ccc(NS(=O)(=O)c3ccc4oc(=O)[nH]c4c3)cc2)cc(-n2cnc(C)c2C)n1. The molecule has 0 saturated carbocycles. The first-order chi connectivity index (χ1) is 16.7. The van der Waals surface area contributed by atoms with E-state index in [1.807, 2.05) is 18.4 Å².